The molecule has 2 heteroatoms. The zero-order chi connectivity index (χ0) is 10.5. The van der Waals surface area contributed by atoms with Gasteiger partial charge in [-0.2, -0.15) is 0 Å². The maximum absolute atomic E-state index is 11.7. The number of hydrogen-bond donors (Lipinski definition) is 0. The Hall–Kier alpha value is -1.57. The zero-order valence-electron chi connectivity index (χ0n) is 8.73. The van der Waals surface area contributed by atoms with Crippen molar-refractivity contribution >= 4 is 12.0 Å². The highest BCUT2D eigenvalue weighted by atomic mass is 16.2. The smallest absolute Gasteiger partial charge is 0.246 e. The molecule has 2 nitrogen and oxygen atoms in total. The van der Waals surface area contributed by atoms with Crippen molar-refractivity contribution in [2.45, 2.75) is 12.8 Å². The maximum Gasteiger partial charge on any atom is 0.246 e. The van der Waals surface area contributed by atoms with Crippen molar-refractivity contribution in [1.82, 2.24) is 4.90 Å². The van der Waals surface area contributed by atoms with Crippen molar-refractivity contribution in [1.29, 1.82) is 0 Å². The molecule has 15 heavy (non-hydrogen) atoms. The van der Waals surface area contributed by atoms with Gasteiger partial charge in [0.05, 0.1) is 0 Å². The molecule has 1 fully saturated rings. The van der Waals surface area contributed by atoms with E-state index in [1.807, 2.05) is 41.3 Å². The number of rotatable bonds is 2. The molecule has 0 aromatic heterocycles. The molecule has 78 valence electrons. The Morgan fingerprint density at radius 3 is 2.47 bits per heavy atom. The standard InChI is InChI=1S/C13H15NO/c15-13(14-10-4-5-11-14)9-8-12-6-2-1-3-7-12/h1-3,6-9H,4-5,10-11H2/b9-8-. The van der Waals surface area contributed by atoms with Gasteiger partial charge >= 0.3 is 0 Å². The number of hydrogen-bond acceptors (Lipinski definition) is 1. The van der Waals surface area contributed by atoms with Gasteiger partial charge in [0, 0.05) is 19.2 Å². The van der Waals surface area contributed by atoms with Crippen molar-refractivity contribution in [2.24, 2.45) is 0 Å². The van der Waals surface area contributed by atoms with E-state index in [4.69, 9.17) is 0 Å². The molecule has 0 radical (unpaired) electrons. The number of benzene rings is 1. The lowest BCUT2D eigenvalue weighted by Gasteiger charge is -2.11. The first-order chi connectivity index (χ1) is 7.36. The summed E-state index contributed by atoms with van der Waals surface area (Å²) >= 11 is 0. The van der Waals surface area contributed by atoms with E-state index in [1.54, 1.807) is 6.08 Å². The summed E-state index contributed by atoms with van der Waals surface area (Å²) in [6.07, 6.45) is 5.83. The van der Waals surface area contributed by atoms with Gasteiger partial charge in [0.1, 0.15) is 0 Å². The summed E-state index contributed by atoms with van der Waals surface area (Å²) in [5.74, 6) is 0.136. The minimum atomic E-state index is 0.136. The fourth-order valence-electron chi connectivity index (χ4n) is 1.77. The van der Waals surface area contributed by atoms with Crippen molar-refractivity contribution in [3.63, 3.8) is 0 Å². The van der Waals surface area contributed by atoms with E-state index in [9.17, 15) is 4.79 Å². The molecule has 0 aliphatic carbocycles. The second-order valence-electron chi connectivity index (χ2n) is 3.78. The predicted octanol–water partition coefficient (Wildman–Crippen LogP) is 2.32. The Labute approximate surface area is 90.2 Å². The molecule has 0 N–H and O–H groups in total. The molecule has 0 saturated carbocycles. The molecule has 1 aromatic carbocycles. The molecule has 0 atom stereocenters. The number of carbonyl (C=O) groups is 1. The molecule has 0 bridgehead atoms. The Balaban J connectivity index is 1.96. The zero-order valence-corrected chi connectivity index (χ0v) is 8.73. The first-order valence-corrected chi connectivity index (χ1v) is 5.38. The van der Waals surface area contributed by atoms with Crippen molar-refractivity contribution in [3.05, 3.63) is 42.0 Å². The van der Waals surface area contributed by atoms with Gasteiger partial charge in [-0.25, -0.2) is 0 Å². The molecule has 1 amide bonds. The van der Waals surface area contributed by atoms with Gasteiger partial charge in [-0.1, -0.05) is 30.3 Å². The van der Waals surface area contributed by atoms with Crippen LogP contribution in [0.1, 0.15) is 18.4 Å². The molecule has 0 spiro atoms. The first kappa shape index (κ1) is 9.97. The normalized spacial score (nSPS) is 16.1. The number of carbonyl (C=O) groups excluding carboxylic acids is 1. The number of nitrogens with zero attached hydrogens (tertiary/aromatic N) is 1. The fraction of sp³-hybridized carbons (Fsp3) is 0.308. The van der Waals surface area contributed by atoms with Crippen molar-refractivity contribution in [3.8, 4) is 0 Å². The van der Waals surface area contributed by atoms with E-state index in [-0.39, 0.29) is 5.91 Å². The average Bonchev–Trinajstić information content (AvgIpc) is 2.81. The molecular formula is C13H15NO. The molecule has 1 heterocycles. The van der Waals surface area contributed by atoms with E-state index in [1.165, 1.54) is 0 Å². The Morgan fingerprint density at radius 1 is 1.13 bits per heavy atom. The highest BCUT2D eigenvalue weighted by molar-refractivity contribution is 5.91. The van der Waals surface area contributed by atoms with Crippen LogP contribution in [0.4, 0.5) is 0 Å². The second kappa shape index (κ2) is 4.78. The van der Waals surface area contributed by atoms with Crippen molar-refractivity contribution < 1.29 is 4.79 Å². The lowest BCUT2D eigenvalue weighted by Crippen LogP contribution is -2.25. The molecule has 2 rings (SSSR count). The highest BCUT2D eigenvalue weighted by Crippen LogP contribution is 2.09. The second-order valence-corrected chi connectivity index (χ2v) is 3.78. The van der Waals surface area contributed by atoms with E-state index < -0.39 is 0 Å². The van der Waals surface area contributed by atoms with Gasteiger partial charge in [-0.15, -0.1) is 0 Å². The molecule has 1 aliphatic heterocycles. The van der Waals surface area contributed by atoms with Crippen LogP contribution in [-0.2, 0) is 4.79 Å². The lowest BCUT2D eigenvalue weighted by molar-refractivity contribution is -0.124. The molecule has 1 aliphatic rings. The fourth-order valence-corrected chi connectivity index (χ4v) is 1.77. The van der Waals surface area contributed by atoms with Crippen molar-refractivity contribution in [2.75, 3.05) is 13.1 Å². The van der Waals surface area contributed by atoms with Crippen LogP contribution < -0.4 is 0 Å². The first-order valence-electron chi connectivity index (χ1n) is 5.38. The van der Waals surface area contributed by atoms with E-state index in [0.717, 1.165) is 31.5 Å². The van der Waals surface area contributed by atoms with E-state index in [2.05, 4.69) is 0 Å². The Bertz CT molecular complexity index is 350. The van der Waals surface area contributed by atoms with Crippen LogP contribution in [0, 0.1) is 0 Å². The van der Waals surface area contributed by atoms with Crippen LogP contribution in [0.15, 0.2) is 36.4 Å². The van der Waals surface area contributed by atoms with Gasteiger partial charge in [0.15, 0.2) is 0 Å². The molecule has 1 aromatic rings. The van der Waals surface area contributed by atoms with Gasteiger partial charge < -0.3 is 4.90 Å². The highest BCUT2D eigenvalue weighted by Gasteiger charge is 2.14. The van der Waals surface area contributed by atoms with Crippen LogP contribution in [0.25, 0.3) is 6.08 Å². The third-order valence-corrected chi connectivity index (χ3v) is 2.64. The topological polar surface area (TPSA) is 20.3 Å². The molecular weight excluding hydrogens is 186 g/mol. The summed E-state index contributed by atoms with van der Waals surface area (Å²) in [7, 11) is 0. The van der Waals surface area contributed by atoms with Crippen LogP contribution in [0.5, 0.6) is 0 Å². The predicted molar refractivity (Wildman–Crippen MR) is 61.3 cm³/mol. The monoisotopic (exact) mass is 201 g/mol. The molecule has 0 unspecified atom stereocenters. The third kappa shape index (κ3) is 2.69. The largest absolute Gasteiger partial charge is 0.339 e. The van der Waals surface area contributed by atoms with Gasteiger partial charge in [0.25, 0.3) is 0 Å². The van der Waals surface area contributed by atoms with Crippen LogP contribution in [-0.4, -0.2) is 23.9 Å². The minimum Gasteiger partial charge on any atom is -0.339 e. The summed E-state index contributed by atoms with van der Waals surface area (Å²) in [4.78, 5) is 13.6. The summed E-state index contributed by atoms with van der Waals surface area (Å²) in [6.45, 7) is 1.83. The maximum atomic E-state index is 11.7. The van der Waals surface area contributed by atoms with Crippen LogP contribution >= 0.6 is 0 Å². The summed E-state index contributed by atoms with van der Waals surface area (Å²) < 4.78 is 0. The van der Waals surface area contributed by atoms with Gasteiger partial charge in [0.2, 0.25) is 5.91 Å². The summed E-state index contributed by atoms with van der Waals surface area (Å²) in [5.41, 5.74) is 1.07. The van der Waals surface area contributed by atoms with E-state index in [0.29, 0.717) is 0 Å². The average molecular weight is 201 g/mol. The quantitative estimate of drug-likeness (QED) is 0.672. The van der Waals surface area contributed by atoms with Gasteiger partial charge in [-0.3, -0.25) is 4.79 Å². The molecule has 1 saturated heterocycles. The van der Waals surface area contributed by atoms with Crippen LogP contribution in [0.3, 0.4) is 0 Å². The summed E-state index contributed by atoms with van der Waals surface area (Å²) in [6, 6.07) is 9.90. The van der Waals surface area contributed by atoms with Gasteiger partial charge in [-0.05, 0) is 24.5 Å². The summed E-state index contributed by atoms with van der Waals surface area (Å²) in [5, 5.41) is 0. The Kier molecular flexibility index (Phi) is 3.18. The SMILES string of the molecule is O=C(/C=C\c1ccccc1)N1CCCC1. The minimum absolute atomic E-state index is 0.136. The lowest BCUT2D eigenvalue weighted by atomic mass is 10.2. The van der Waals surface area contributed by atoms with E-state index >= 15 is 0 Å². The van der Waals surface area contributed by atoms with Crippen LogP contribution in [0.2, 0.25) is 0 Å². The number of likely N-dealkylation sites (tertiary alicyclic amines) is 1. The Morgan fingerprint density at radius 2 is 1.80 bits per heavy atom. The number of amides is 1. The third-order valence-electron chi connectivity index (χ3n) is 2.64.